The van der Waals surface area contributed by atoms with E-state index in [-0.39, 0.29) is 0 Å². The summed E-state index contributed by atoms with van der Waals surface area (Å²) in [6.45, 7) is 0.828. The third-order valence-corrected chi connectivity index (χ3v) is 3.57. The maximum atomic E-state index is 8.76. The van der Waals surface area contributed by atoms with Gasteiger partial charge in [-0.3, -0.25) is 0 Å². The minimum absolute atomic E-state index is 0.655. The molecular formula is C12H10BrN3S. The molecule has 0 radical (unpaired) electrons. The van der Waals surface area contributed by atoms with E-state index in [9.17, 15) is 0 Å². The van der Waals surface area contributed by atoms with Crippen LogP contribution in [-0.4, -0.2) is 11.5 Å². The predicted molar refractivity (Wildman–Crippen MR) is 73.2 cm³/mol. The van der Waals surface area contributed by atoms with E-state index in [1.807, 2.05) is 17.6 Å². The van der Waals surface area contributed by atoms with E-state index in [2.05, 4.69) is 37.7 Å². The first-order valence-electron chi connectivity index (χ1n) is 5.10. The topological polar surface area (TPSA) is 48.7 Å². The molecule has 0 fully saturated rings. The molecule has 0 saturated heterocycles. The fraction of sp³-hybridized carbons (Fsp3) is 0.167. The first kappa shape index (κ1) is 12.1. The lowest BCUT2D eigenvalue weighted by Gasteiger charge is -2.07. The van der Waals surface area contributed by atoms with Gasteiger partial charge in [0, 0.05) is 28.5 Å². The summed E-state index contributed by atoms with van der Waals surface area (Å²) in [6, 6.07) is 7.63. The molecule has 1 aromatic heterocycles. The van der Waals surface area contributed by atoms with Crippen LogP contribution in [-0.2, 0) is 6.42 Å². The van der Waals surface area contributed by atoms with Crippen LogP contribution >= 0.6 is 27.3 Å². The summed E-state index contributed by atoms with van der Waals surface area (Å²) in [7, 11) is 0. The maximum absolute atomic E-state index is 8.76. The second-order valence-corrected chi connectivity index (χ2v) is 5.04. The molecule has 0 aliphatic carbocycles. The minimum atomic E-state index is 0.655. The molecule has 5 heteroatoms. The highest BCUT2D eigenvalue weighted by molar-refractivity contribution is 9.10. The van der Waals surface area contributed by atoms with Gasteiger partial charge in [0.25, 0.3) is 0 Å². The number of nitrogens with zero attached hydrogens (tertiary/aromatic N) is 2. The molecule has 0 amide bonds. The zero-order chi connectivity index (χ0) is 12.1. The zero-order valence-electron chi connectivity index (χ0n) is 8.98. The first-order valence-corrected chi connectivity index (χ1v) is 6.84. The summed E-state index contributed by atoms with van der Waals surface area (Å²) >= 11 is 5.05. The van der Waals surface area contributed by atoms with Crippen LogP contribution in [0, 0.1) is 11.3 Å². The Kier molecular flexibility index (Phi) is 4.13. The molecule has 2 aromatic rings. The largest absolute Gasteiger partial charge is 0.384 e. The van der Waals surface area contributed by atoms with Crippen molar-refractivity contribution in [3.05, 3.63) is 44.8 Å². The average Bonchev–Trinajstić information content (AvgIpc) is 2.84. The number of aromatic nitrogens is 1. The maximum Gasteiger partial charge on any atom is 0.0992 e. The number of hydrogen-bond acceptors (Lipinski definition) is 4. The van der Waals surface area contributed by atoms with Gasteiger partial charge in [-0.1, -0.05) is 0 Å². The van der Waals surface area contributed by atoms with Crippen molar-refractivity contribution >= 4 is 33.0 Å². The summed E-state index contributed by atoms with van der Waals surface area (Å²) in [4.78, 5) is 4.22. The highest BCUT2D eigenvalue weighted by atomic mass is 79.9. The lowest BCUT2D eigenvalue weighted by atomic mass is 10.2. The van der Waals surface area contributed by atoms with Gasteiger partial charge in [0.1, 0.15) is 0 Å². The molecule has 0 spiro atoms. The minimum Gasteiger partial charge on any atom is -0.384 e. The molecule has 0 atom stereocenters. The van der Waals surface area contributed by atoms with Crippen molar-refractivity contribution in [1.82, 2.24) is 4.98 Å². The molecule has 1 N–H and O–H groups in total. The summed E-state index contributed by atoms with van der Waals surface area (Å²) in [5.41, 5.74) is 4.60. The molecule has 0 aliphatic heterocycles. The van der Waals surface area contributed by atoms with Crippen molar-refractivity contribution in [2.45, 2.75) is 6.42 Å². The Labute approximate surface area is 112 Å². The van der Waals surface area contributed by atoms with Gasteiger partial charge in [-0.15, -0.1) is 11.3 Å². The number of nitriles is 1. The van der Waals surface area contributed by atoms with Crippen molar-refractivity contribution in [3.63, 3.8) is 0 Å². The van der Waals surface area contributed by atoms with Gasteiger partial charge in [-0.05, 0) is 34.1 Å². The number of thiazole rings is 1. The van der Waals surface area contributed by atoms with E-state index in [1.54, 1.807) is 17.4 Å². The molecule has 1 aromatic carbocycles. The van der Waals surface area contributed by atoms with E-state index >= 15 is 0 Å². The molecule has 0 unspecified atom stereocenters. The lowest BCUT2D eigenvalue weighted by molar-refractivity contribution is 0.976. The van der Waals surface area contributed by atoms with Crippen molar-refractivity contribution in [2.75, 3.05) is 11.9 Å². The number of rotatable bonds is 4. The standard InChI is InChI=1S/C12H10BrN3S/c13-11-5-9(6-14)1-2-12(11)15-4-3-10-7-17-8-16-10/h1-2,5,7-8,15H,3-4H2. The normalized spacial score (nSPS) is 9.88. The highest BCUT2D eigenvalue weighted by Crippen LogP contribution is 2.23. The molecule has 17 heavy (non-hydrogen) atoms. The van der Waals surface area contributed by atoms with Crippen LogP contribution in [0.15, 0.2) is 33.6 Å². The Balaban J connectivity index is 1.93. The van der Waals surface area contributed by atoms with Crippen LogP contribution in [0.2, 0.25) is 0 Å². The second kappa shape index (κ2) is 5.80. The Morgan fingerprint density at radius 1 is 1.47 bits per heavy atom. The molecule has 86 valence electrons. The van der Waals surface area contributed by atoms with Crippen LogP contribution < -0.4 is 5.32 Å². The average molecular weight is 308 g/mol. The van der Waals surface area contributed by atoms with E-state index in [0.29, 0.717) is 5.56 Å². The highest BCUT2D eigenvalue weighted by Gasteiger charge is 2.01. The molecule has 0 aliphatic rings. The van der Waals surface area contributed by atoms with Gasteiger partial charge < -0.3 is 5.32 Å². The van der Waals surface area contributed by atoms with Crippen LogP contribution in [0.1, 0.15) is 11.3 Å². The van der Waals surface area contributed by atoms with Crippen LogP contribution in [0.5, 0.6) is 0 Å². The fourth-order valence-electron chi connectivity index (χ4n) is 1.41. The Bertz CT molecular complexity index is 531. The molecule has 1 heterocycles. The van der Waals surface area contributed by atoms with Gasteiger partial charge in [-0.2, -0.15) is 5.26 Å². The van der Waals surface area contributed by atoms with Crippen molar-refractivity contribution in [1.29, 1.82) is 5.26 Å². The van der Waals surface area contributed by atoms with Gasteiger partial charge in [0.15, 0.2) is 0 Å². The van der Waals surface area contributed by atoms with Gasteiger partial charge in [0.05, 0.1) is 22.8 Å². The molecule has 0 saturated carbocycles. The first-order chi connectivity index (χ1) is 8.29. The Morgan fingerprint density at radius 3 is 3.00 bits per heavy atom. The molecule has 2 rings (SSSR count). The zero-order valence-corrected chi connectivity index (χ0v) is 11.4. The third-order valence-electron chi connectivity index (χ3n) is 2.28. The van der Waals surface area contributed by atoms with Crippen molar-refractivity contribution < 1.29 is 0 Å². The number of nitrogens with one attached hydrogen (secondary N) is 1. The molecular weight excluding hydrogens is 298 g/mol. The summed E-state index contributed by atoms with van der Waals surface area (Å²) in [5, 5.41) is 14.1. The Morgan fingerprint density at radius 2 is 2.35 bits per heavy atom. The van der Waals surface area contributed by atoms with E-state index in [0.717, 1.165) is 28.8 Å². The van der Waals surface area contributed by atoms with E-state index in [1.165, 1.54) is 0 Å². The lowest BCUT2D eigenvalue weighted by Crippen LogP contribution is -2.05. The van der Waals surface area contributed by atoms with Gasteiger partial charge in [-0.25, -0.2) is 4.98 Å². The predicted octanol–water partition coefficient (Wildman–Crippen LogP) is 3.43. The quantitative estimate of drug-likeness (QED) is 0.941. The summed E-state index contributed by atoms with van der Waals surface area (Å²) in [5.74, 6) is 0. The number of hydrogen-bond donors (Lipinski definition) is 1. The SMILES string of the molecule is N#Cc1ccc(NCCc2cscn2)c(Br)c1. The van der Waals surface area contributed by atoms with Crippen molar-refractivity contribution in [3.8, 4) is 6.07 Å². The fourth-order valence-corrected chi connectivity index (χ4v) is 2.53. The smallest absolute Gasteiger partial charge is 0.0992 e. The Hall–Kier alpha value is -1.38. The van der Waals surface area contributed by atoms with E-state index < -0.39 is 0 Å². The second-order valence-electron chi connectivity index (χ2n) is 3.46. The summed E-state index contributed by atoms with van der Waals surface area (Å²) < 4.78 is 0.912. The number of benzene rings is 1. The van der Waals surface area contributed by atoms with Crippen LogP contribution in [0.3, 0.4) is 0 Å². The molecule has 3 nitrogen and oxygen atoms in total. The number of anilines is 1. The molecule has 0 bridgehead atoms. The number of halogens is 1. The third kappa shape index (κ3) is 3.29. The van der Waals surface area contributed by atoms with Crippen LogP contribution in [0.25, 0.3) is 0 Å². The summed E-state index contributed by atoms with van der Waals surface area (Å²) in [6.07, 6.45) is 0.899. The van der Waals surface area contributed by atoms with Crippen LogP contribution in [0.4, 0.5) is 5.69 Å². The van der Waals surface area contributed by atoms with Gasteiger partial charge >= 0.3 is 0 Å². The van der Waals surface area contributed by atoms with Gasteiger partial charge in [0.2, 0.25) is 0 Å². The van der Waals surface area contributed by atoms with E-state index in [4.69, 9.17) is 5.26 Å². The van der Waals surface area contributed by atoms with Crippen molar-refractivity contribution in [2.24, 2.45) is 0 Å². The monoisotopic (exact) mass is 307 g/mol.